The van der Waals surface area contributed by atoms with Gasteiger partial charge in [0, 0.05) is 5.69 Å². The van der Waals surface area contributed by atoms with Gasteiger partial charge in [0.15, 0.2) is 6.61 Å². The topological polar surface area (TPSA) is 92.8 Å². The number of amides is 3. The molecule has 10 heteroatoms. The van der Waals surface area contributed by atoms with Gasteiger partial charge in [0.25, 0.3) is 5.91 Å². The molecule has 0 aromatic heterocycles. The first-order chi connectivity index (χ1) is 15.5. The third kappa shape index (κ3) is 4.22. The fourth-order valence-electron chi connectivity index (χ4n) is 5.57. The Labute approximate surface area is 188 Å². The molecule has 33 heavy (non-hydrogen) atoms. The number of nitrogens with zero attached hydrogens (tertiary/aromatic N) is 1. The normalized spacial score (nSPS) is 27.2. The summed E-state index contributed by atoms with van der Waals surface area (Å²) >= 11 is 0. The van der Waals surface area contributed by atoms with Crippen molar-refractivity contribution in [2.75, 3.05) is 11.9 Å². The van der Waals surface area contributed by atoms with E-state index in [0.717, 1.165) is 42.4 Å². The van der Waals surface area contributed by atoms with Crippen molar-refractivity contribution >= 4 is 29.4 Å². The van der Waals surface area contributed by atoms with Crippen LogP contribution in [0, 0.1) is 29.6 Å². The molecule has 2 aliphatic carbocycles. The second kappa shape index (κ2) is 8.46. The van der Waals surface area contributed by atoms with Gasteiger partial charge in [0.1, 0.15) is 6.04 Å². The maximum absolute atomic E-state index is 13.1. The van der Waals surface area contributed by atoms with E-state index in [2.05, 4.69) is 5.32 Å². The molecule has 1 aliphatic heterocycles. The van der Waals surface area contributed by atoms with Gasteiger partial charge in [-0.2, -0.15) is 13.2 Å². The molecule has 1 aromatic rings. The number of esters is 1. The summed E-state index contributed by atoms with van der Waals surface area (Å²) in [6.07, 6.45) is -1.88. The van der Waals surface area contributed by atoms with Crippen molar-refractivity contribution < 1.29 is 37.1 Å². The third-order valence-corrected chi connectivity index (χ3v) is 6.93. The summed E-state index contributed by atoms with van der Waals surface area (Å²) in [7, 11) is 0. The van der Waals surface area contributed by atoms with E-state index in [1.54, 1.807) is 13.8 Å². The number of likely N-dealkylation sites (tertiary alicyclic amines) is 1. The van der Waals surface area contributed by atoms with Gasteiger partial charge in [-0.05, 0) is 55.2 Å². The number of hydrogen-bond donors (Lipinski definition) is 1. The Balaban J connectivity index is 1.40. The maximum atomic E-state index is 13.1. The van der Waals surface area contributed by atoms with Gasteiger partial charge < -0.3 is 10.1 Å². The molecule has 0 radical (unpaired) electrons. The van der Waals surface area contributed by atoms with Crippen molar-refractivity contribution in [1.82, 2.24) is 4.90 Å². The van der Waals surface area contributed by atoms with Crippen LogP contribution in [0.4, 0.5) is 18.9 Å². The highest BCUT2D eigenvalue weighted by Gasteiger charge is 2.62. The third-order valence-electron chi connectivity index (χ3n) is 6.93. The van der Waals surface area contributed by atoms with E-state index in [-0.39, 0.29) is 41.2 Å². The van der Waals surface area contributed by atoms with Gasteiger partial charge >= 0.3 is 12.1 Å². The zero-order valence-electron chi connectivity index (χ0n) is 18.2. The van der Waals surface area contributed by atoms with Crippen LogP contribution < -0.4 is 5.32 Å². The number of fused-ring (bicyclic) bond motifs is 5. The standard InChI is InChI=1S/C23H25F3N2O5/c1-11(2)19(28-20(30)17-12-6-7-13(8-12)18(17)21(28)31)22(32)33-10-16(29)27-15-5-3-4-14(9-15)23(24,25)26/h3-5,9,11-13,17-19H,6-8,10H2,1-2H3,(H,27,29)/t12-,13-,17-,18-,19+/m0/s1. The Bertz CT molecular complexity index is 965. The van der Waals surface area contributed by atoms with Crippen LogP contribution in [0.15, 0.2) is 24.3 Å². The van der Waals surface area contributed by atoms with Crippen molar-refractivity contribution in [2.45, 2.75) is 45.3 Å². The monoisotopic (exact) mass is 466 g/mol. The minimum atomic E-state index is -4.57. The van der Waals surface area contributed by atoms with E-state index in [0.29, 0.717) is 0 Å². The Morgan fingerprint density at radius 1 is 1.12 bits per heavy atom. The average Bonchev–Trinajstić information content (AvgIpc) is 3.42. The van der Waals surface area contributed by atoms with Crippen LogP contribution in [0.3, 0.4) is 0 Å². The highest BCUT2D eigenvalue weighted by Crippen LogP contribution is 2.56. The number of anilines is 1. The Kier molecular flexibility index (Phi) is 5.96. The van der Waals surface area contributed by atoms with Crippen LogP contribution in [0.25, 0.3) is 0 Å². The second-order valence-corrected chi connectivity index (χ2v) is 9.35. The fraction of sp³-hybridized carbons (Fsp3) is 0.565. The van der Waals surface area contributed by atoms with Crippen LogP contribution in [-0.2, 0) is 30.1 Å². The van der Waals surface area contributed by atoms with Crippen molar-refractivity contribution in [3.05, 3.63) is 29.8 Å². The molecule has 2 saturated carbocycles. The highest BCUT2D eigenvalue weighted by molar-refractivity contribution is 6.08. The van der Waals surface area contributed by atoms with Gasteiger partial charge in [0.05, 0.1) is 17.4 Å². The lowest BCUT2D eigenvalue weighted by atomic mass is 9.81. The molecule has 4 rings (SSSR count). The molecule has 0 spiro atoms. The van der Waals surface area contributed by atoms with Crippen molar-refractivity contribution in [2.24, 2.45) is 29.6 Å². The average molecular weight is 466 g/mol. The molecule has 3 fully saturated rings. The number of alkyl halides is 3. The SMILES string of the molecule is CC(C)[C@H](C(=O)OCC(=O)Nc1cccc(C(F)(F)F)c1)N1C(=O)[C@H]2[C@H]3CC[C@@H](C3)[C@@H]2C1=O. The molecule has 1 heterocycles. The van der Waals surface area contributed by atoms with Crippen LogP contribution in [-0.4, -0.2) is 41.2 Å². The number of ether oxygens (including phenoxy) is 1. The van der Waals surface area contributed by atoms with Crippen molar-refractivity contribution in [3.8, 4) is 0 Å². The van der Waals surface area contributed by atoms with E-state index in [1.165, 1.54) is 6.07 Å². The molecule has 178 valence electrons. The second-order valence-electron chi connectivity index (χ2n) is 9.35. The summed E-state index contributed by atoms with van der Waals surface area (Å²) in [5.41, 5.74) is -1.03. The molecule has 1 N–H and O–H groups in total. The van der Waals surface area contributed by atoms with Crippen LogP contribution in [0.1, 0.15) is 38.7 Å². The summed E-state index contributed by atoms with van der Waals surface area (Å²) in [6.45, 7) is 2.60. The molecule has 3 aliphatic rings. The van der Waals surface area contributed by atoms with Gasteiger partial charge in [-0.1, -0.05) is 19.9 Å². The Morgan fingerprint density at radius 3 is 2.27 bits per heavy atom. The molecule has 7 nitrogen and oxygen atoms in total. The number of halogens is 3. The van der Waals surface area contributed by atoms with E-state index in [4.69, 9.17) is 4.74 Å². The minimum Gasteiger partial charge on any atom is -0.454 e. The van der Waals surface area contributed by atoms with Gasteiger partial charge in [-0.15, -0.1) is 0 Å². The number of rotatable bonds is 6. The Hall–Kier alpha value is -2.91. The summed E-state index contributed by atoms with van der Waals surface area (Å²) in [6, 6.07) is 2.91. The number of benzene rings is 1. The Morgan fingerprint density at radius 2 is 1.73 bits per heavy atom. The molecular formula is C23H25F3N2O5. The molecule has 1 aromatic carbocycles. The van der Waals surface area contributed by atoms with E-state index in [1.807, 2.05) is 0 Å². The summed E-state index contributed by atoms with van der Waals surface area (Å²) < 4.78 is 43.6. The lowest BCUT2D eigenvalue weighted by molar-refractivity contribution is -0.162. The first-order valence-corrected chi connectivity index (χ1v) is 11.0. The zero-order valence-corrected chi connectivity index (χ0v) is 18.2. The number of carbonyl (C=O) groups is 4. The van der Waals surface area contributed by atoms with E-state index in [9.17, 15) is 32.3 Å². The molecule has 2 bridgehead atoms. The first kappa shape index (κ1) is 23.3. The summed E-state index contributed by atoms with van der Waals surface area (Å²) in [5, 5.41) is 2.25. The molecule has 1 saturated heterocycles. The summed E-state index contributed by atoms with van der Waals surface area (Å²) in [5.74, 6) is -3.27. The minimum absolute atomic E-state index is 0.0977. The number of imide groups is 1. The predicted molar refractivity (Wildman–Crippen MR) is 109 cm³/mol. The molecule has 0 unspecified atom stereocenters. The summed E-state index contributed by atoms with van der Waals surface area (Å²) in [4.78, 5) is 52.1. The van der Waals surface area contributed by atoms with E-state index < -0.39 is 42.2 Å². The maximum Gasteiger partial charge on any atom is 0.416 e. The molecule has 3 amide bonds. The smallest absolute Gasteiger partial charge is 0.416 e. The van der Waals surface area contributed by atoms with Gasteiger partial charge in [0.2, 0.25) is 11.8 Å². The van der Waals surface area contributed by atoms with Crippen molar-refractivity contribution in [3.63, 3.8) is 0 Å². The van der Waals surface area contributed by atoms with Crippen LogP contribution in [0.5, 0.6) is 0 Å². The molecular weight excluding hydrogens is 441 g/mol. The van der Waals surface area contributed by atoms with Crippen LogP contribution in [0.2, 0.25) is 0 Å². The van der Waals surface area contributed by atoms with Gasteiger partial charge in [-0.25, -0.2) is 4.79 Å². The number of hydrogen-bond acceptors (Lipinski definition) is 5. The molecule has 5 atom stereocenters. The lowest BCUT2D eigenvalue weighted by Crippen LogP contribution is -2.50. The largest absolute Gasteiger partial charge is 0.454 e. The van der Waals surface area contributed by atoms with Crippen molar-refractivity contribution in [1.29, 1.82) is 0 Å². The first-order valence-electron chi connectivity index (χ1n) is 11.0. The fourth-order valence-corrected chi connectivity index (χ4v) is 5.57. The predicted octanol–water partition coefficient (Wildman–Crippen LogP) is 3.24. The quantitative estimate of drug-likeness (QED) is 0.513. The number of nitrogens with one attached hydrogen (secondary N) is 1. The number of carbonyl (C=O) groups excluding carboxylic acids is 4. The van der Waals surface area contributed by atoms with Gasteiger partial charge in [-0.3, -0.25) is 19.3 Å². The zero-order chi connectivity index (χ0) is 24.1. The lowest BCUT2D eigenvalue weighted by Gasteiger charge is -2.28. The van der Waals surface area contributed by atoms with Crippen LogP contribution >= 0.6 is 0 Å². The van der Waals surface area contributed by atoms with E-state index >= 15 is 0 Å². The highest BCUT2D eigenvalue weighted by atomic mass is 19.4.